The molecule has 0 spiro atoms. The molecule has 5 heteroatoms. The van der Waals surface area contributed by atoms with E-state index >= 15 is 0 Å². The van der Waals surface area contributed by atoms with Gasteiger partial charge in [-0.2, -0.15) is 0 Å². The van der Waals surface area contributed by atoms with Gasteiger partial charge in [-0.3, -0.25) is 9.59 Å². The summed E-state index contributed by atoms with van der Waals surface area (Å²) >= 11 is 0. The van der Waals surface area contributed by atoms with E-state index in [0.717, 1.165) is 19.3 Å². The minimum atomic E-state index is -0.735. The molecular weight excluding hydrogens is 404 g/mol. The van der Waals surface area contributed by atoms with Gasteiger partial charge in [0.25, 0.3) is 0 Å². The van der Waals surface area contributed by atoms with Crippen LogP contribution in [0.5, 0.6) is 0 Å². The number of ether oxygens (including phenoxy) is 2. The van der Waals surface area contributed by atoms with Gasteiger partial charge in [-0.1, -0.05) is 43.7 Å². The lowest BCUT2D eigenvalue weighted by Gasteiger charge is -2.32. The van der Waals surface area contributed by atoms with Crippen LogP contribution in [-0.2, 0) is 19.1 Å². The number of aliphatic hydroxyl groups excluding tert-OH is 1. The Labute approximate surface area is 192 Å². The second-order valence-corrected chi connectivity index (χ2v) is 10.3. The molecule has 5 nitrogen and oxygen atoms in total. The number of fused-ring (bicyclic) bond motifs is 3. The molecule has 0 saturated carbocycles. The number of Topliss-reactive ketones (excluding diaryl/α,β-unsaturated/α-hetero) is 1. The van der Waals surface area contributed by atoms with Crippen molar-refractivity contribution in [1.29, 1.82) is 0 Å². The highest BCUT2D eigenvalue weighted by Crippen LogP contribution is 2.51. The summed E-state index contributed by atoms with van der Waals surface area (Å²) in [5.41, 5.74) is 2.08. The number of ketones is 1. The maximum atomic E-state index is 13.3. The lowest BCUT2D eigenvalue weighted by Crippen LogP contribution is -2.32. The molecule has 32 heavy (non-hydrogen) atoms. The number of allylic oxidation sites excluding steroid dienone is 5. The van der Waals surface area contributed by atoms with Gasteiger partial charge in [-0.15, -0.1) is 0 Å². The zero-order chi connectivity index (χ0) is 23.7. The van der Waals surface area contributed by atoms with E-state index in [0.29, 0.717) is 18.4 Å². The van der Waals surface area contributed by atoms with Crippen LogP contribution < -0.4 is 0 Å². The number of aliphatic hydroxyl groups is 1. The Morgan fingerprint density at radius 3 is 2.72 bits per heavy atom. The Balaban J connectivity index is 2.00. The summed E-state index contributed by atoms with van der Waals surface area (Å²) in [5.74, 6) is -1.12. The second-order valence-electron chi connectivity index (χ2n) is 10.3. The summed E-state index contributed by atoms with van der Waals surface area (Å²) in [6.45, 7) is 11.7. The fourth-order valence-electron chi connectivity index (χ4n) is 5.30. The van der Waals surface area contributed by atoms with Crippen molar-refractivity contribution in [2.45, 2.75) is 85.4 Å². The van der Waals surface area contributed by atoms with Crippen LogP contribution in [0.4, 0.5) is 0 Å². The fraction of sp³-hybridized carbons (Fsp3) is 0.630. The first-order valence-corrected chi connectivity index (χ1v) is 11.8. The predicted molar refractivity (Wildman–Crippen MR) is 125 cm³/mol. The molecule has 0 aromatic carbocycles. The highest BCUT2D eigenvalue weighted by atomic mass is 16.5. The molecule has 0 aromatic rings. The van der Waals surface area contributed by atoms with Gasteiger partial charge in [-0.25, -0.2) is 0 Å². The topological polar surface area (TPSA) is 72.8 Å². The number of carbonyl (C=O) groups is 2. The standard InChI is InChI=1S/C27H38O5/c1-17-8-7-13-26(5)14-12-22(32-26)18(2)9-10-21-23(19(3)16-31-20(4)28)24(29)25(30)27(21,6)15-11-17/h7,9,11,13,19,21-22,29H,8,10,12,14-16H2,1-6H3/t19-,21-,22-,26-,27+/m1/s1. The molecule has 0 amide bonds. The first-order valence-electron chi connectivity index (χ1n) is 11.8. The molecule has 2 aliphatic heterocycles. The molecule has 1 N–H and O–H groups in total. The van der Waals surface area contributed by atoms with E-state index in [9.17, 15) is 14.7 Å². The van der Waals surface area contributed by atoms with Crippen LogP contribution in [0.25, 0.3) is 0 Å². The molecule has 1 aliphatic carbocycles. The highest BCUT2D eigenvalue weighted by Gasteiger charge is 2.51. The first kappa shape index (κ1) is 24.5. The Morgan fingerprint density at radius 2 is 2.03 bits per heavy atom. The molecule has 1 saturated heterocycles. The van der Waals surface area contributed by atoms with Crippen molar-refractivity contribution < 1.29 is 24.2 Å². The average molecular weight is 443 g/mol. The Morgan fingerprint density at radius 1 is 1.31 bits per heavy atom. The summed E-state index contributed by atoms with van der Waals surface area (Å²) in [6, 6.07) is 0. The number of hydrogen-bond acceptors (Lipinski definition) is 5. The monoisotopic (exact) mass is 442 g/mol. The van der Waals surface area contributed by atoms with E-state index in [2.05, 4.69) is 45.1 Å². The average Bonchev–Trinajstić information content (AvgIpc) is 3.20. The lowest BCUT2D eigenvalue weighted by molar-refractivity contribution is -0.141. The molecule has 1 fully saturated rings. The Hall–Kier alpha value is -2.14. The Kier molecular flexibility index (Phi) is 7.18. The third-order valence-electron chi connectivity index (χ3n) is 7.50. The molecule has 0 unspecified atom stereocenters. The molecule has 3 aliphatic rings. The summed E-state index contributed by atoms with van der Waals surface area (Å²) in [6.07, 6.45) is 12.7. The summed E-state index contributed by atoms with van der Waals surface area (Å²) in [4.78, 5) is 24.7. The van der Waals surface area contributed by atoms with E-state index in [1.165, 1.54) is 18.1 Å². The normalized spacial score (nSPS) is 34.5. The Bertz CT molecular complexity index is 892. The zero-order valence-corrected chi connectivity index (χ0v) is 20.4. The van der Waals surface area contributed by atoms with E-state index in [1.807, 2.05) is 13.8 Å². The van der Waals surface area contributed by atoms with Gasteiger partial charge >= 0.3 is 5.97 Å². The van der Waals surface area contributed by atoms with Gasteiger partial charge in [0, 0.05) is 24.2 Å². The highest BCUT2D eigenvalue weighted by molar-refractivity contribution is 6.02. The number of carbonyl (C=O) groups excluding carboxylic acids is 2. The van der Waals surface area contributed by atoms with E-state index in [-0.39, 0.29) is 47.7 Å². The predicted octanol–water partition coefficient (Wildman–Crippen LogP) is 5.77. The van der Waals surface area contributed by atoms with Crippen LogP contribution in [0.15, 0.2) is 46.8 Å². The number of esters is 1. The fourth-order valence-corrected chi connectivity index (χ4v) is 5.30. The van der Waals surface area contributed by atoms with Gasteiger partial charge in [-0.05, 0) is 64.0 Å². The zero-order valence-electron chi connectivity index (χ0n) is 20.4. The number of rotatable bonds is 3. The van der Waals surface area contributed by atoms with Crippen LogP contribution in [0, 0.1) is 17.3 Å². The second kappa shape index (κ2) is 9.38. The van der Waals surface area contributed by atoms with Crippen LogP contribution in [0.3, 0.4) is 0 Å². The van der Waals surface area contributed by atoms with Crippen molar-refractivity contribution in [3.05, 3.63) is 46.8 Å². The van der Waals surface area contributed by atoms with Crippen molar-refractivity contribution in [2.24, 2.45) is 17.3 Å². The van der Waals surface area contributed by atoms with Gasteiger partial charge in [0.15, 0.2) is 5.76 Å². The van der Waals surface area contributed by atoms with Gasteiger partial charge in [0.2, 0.25) is 5.78 Å². The SMILES string of the molecule is CC(=O)OC[C@@H](C)C1=C(O)C(=O)[C@@]2(C)CC=C(C)CC=C[C@]3(C)CC[C@@H](O3)C(C)=CC[C@H]12. The van der Waals surface area contributed by atoms with Gasteiger partial charge in [0.1, 0.15) is 0 Å². The molecule has 3 rings (SSSR count). The molecule has 0 aromatic heterocycles. The van der Waals surface area contributed by atoms with E-state index in [1.54, 1.807) is 0 Å². The van der Waals surface area contributed by atoms with E-state index in [4.69, 9.17) is 9.47 Å². The maximum absolute atomic E-state index is 13.3. The quantitative estimate of drug-likeness (QED) is 0.443. The molecule has 2 bridgehead atoms. The minimum Gasteiger partial charge on any atom is -0.504 e. The van der Waals surface area contributed by atoms with Crippen LogP contribution >= 0.6 is 0 Å². The van der Waals surface area contributed by atoms with Crippen molar-refractivity contribution in [3.8, 4) is 0 Å². The lowest BCUT2D eigenvalue weighted by atomic mass is 9.70. The van der Waals surface area contributed by atoms with Gasteiger partial charge in [0.05, 0.1) is 18.3 Å². The molecule has 5 atom stereocenters. The molecule has 2 heterocycles. The third-order valence-corrected chi connectivity index (χ3v) is 7.50. The van der Waals surface area contributed by atoms with Crippen molar-refractivity contribution in [3.63, 3.8) is 0 Å². The maximum Gasteiger partial charge on any atom is 0.302 e. The molecule has 176 valence electrons. The largest absolute Gasteiger partial charge is 0.504 e. The van der Waals surface area contributed by atoms with Crippen LogP contribution in [-0.4, -0.2) is 35.2 Å². The minimum absolute atomic E-state index is 0.0621. The third kappa shape index (κ3) is 4.93. The van der Waals surface area contributed by atoms with Crippen molar-refractivity contribution >= 4 is 11.8 Å². The molecular formula is C27H38O5. The van der Waals surface area contributed by atoms with Crippen molar-refractivity contribution in [1.82, 2.24) is 0 Å². The van der Waals surface area contributed by atoms with Gasteiger partial charge < -0.3 is 14.6 Å². The summed E-state index contributed by atoms with van der Waals surface area (Å²) in [5, 5.41) is 10.9. The number of hydrogen-bond donors (Lipinski definition) is 1. The molecule has 0 radical (unpaired) electrons. The smallest absolute Gasteiger partial charge is 0.302 e. The summed E-state index contributed by atoms with van der Waals surface area (Å²) < 4.78 is 11.6. The van der Waals surface area contributed by atoms with Crippen molar-refractivity contribution in [2.75, 3.05) is 6.61 Å². The summed E-state index contributed by atoms with van der Waals surface area (Å²) in [7, 11) is 0. The van der Waals surface area contributed by atoms with E-state index < -0.39 is 5.41 Å². The van der Waals surface area contributed by atoms with Crippen LogP contribution in [0.1, 0.15) is 73.6 Å². The first-order chi connectivity index (χ1) is 15.0. The van der Waals surface area contributed by atoms with Crippen LogP contribution in [0.2, 0.25) is 0 Å².